The Labute approximate surface area is 129 Å². The minimum absolute atomic E-state index is 0.0751. The molecule has 1 N–H and O–H groups in total. The number of carbonyl (C=O) groups is 1. The average molecular weight is 304 g/mol. The SMILES string of the molecule is CCc1ccc(OCCC(=O)Nc2nc(C)c(C)s2)cc1. The van der Waals surface area contributed by atoms with Crippen molar-refractivity contribution in [1.82, 2.24) is 4.98 Å². The minimum Gasteiger partial charge on any atom is -0.493 e. The second-order valence-electron chi connectivity index (χ2n) is 4.80. The van der Waals surface area contributed by atoms with E-state index in [1.54, 1.807) is 0 Å². The van der Waals surface area contributed by atoms with Gasteiger partial charge in [0.1, 0.15) is 5.75 Å². The Hall–Kier alpha value is -1.88. The van der Waals surface area contributed by atoms with Gasteiger partial charge in [-0.2, -0.15) is 0 Å². The van der Waals surface area contributed by atoms with E-state index in [9.17, 15) is 4.79 Å². The van der Waals surface area contributed by atoms with Crippen LogP contribution in [0.5, 0.6) is 5.75 Å². The fourth-order valence-electron chi connectivity index (χ4n) is 1.79. The summed E-state index contributed by atoms with van der Waals surface area (Å²) in [6.07, 6.45) is 1.32. The zero-order valence-corrected chi connectivity index (χ0v) is 13.4. The zero-order chi connectivity index (χ0) is 15.2. The second kappa shape index (κ2) is 7.22. The molecule has 0 aliphatic rings. The maximum atomic E-state index is 11.8. The predicted octanol–water partition coefficient (Wildman–Crippen LogP) is 3.73. The Morgan fingerprint density at radius 3 is 2.57 bits per heavy atom. The third-order valence-corrected chi connectivity index (χ3v) is 4.19. The first kappa shape index (κ1) is 15.5. The van der Waals surface area contributed by atoms with Gasteiger partial charge in [0, 0.05) is 4.88 Å². The molecule has 1 heterocycles. The largest absolute Gasteiger partial charge is 0.493 e. The third kappa shape index (κ3) is 4.56. The smallest absolute Gasteiger partial charge is 0.229 e. The molecule has 4 nitrogen and oxygen atoms in total. The van der Waals surface area contributed by atoms with Crippen LogP contribution in [-0.2, 0) is 11.2 Å². The molecule has 0 saturated carbocycles. The summed E-state index contributed by atoms with van der Waals surface area (Å²) in [7, 11) is 0. The fourth-order valence-corrected chi connectivity index (χ4v) is 2.62. The first-order valence-corrected chi connectivity index (χ1v) is 7.85. The number of nitrogens with zero attached hydrogens (tertiary/aromatic N) is 1. The van der Waals surface area contributed by atoms with Crippen molar-refractivity contribution in [3.05, 3.63) is 40.4 Å². The van der Waals surface area contributed by atoms with Gasteiger partial charge in [0.2, 0.25) is 5.91 Å². The minimum atomic E-state index is -0.0751. The van der Waals surface area contributed by atoms with Crippen molar-refractivity contribution in [3.63, 3.8) is 0 Å². The van der Waals surface area contributed by atoms with Crippen LogP contribution in [0, 0.1) is 13.8 Å². The number of thiazole rings is 1. The van der Waals surface area contributed by atoms with Crippen LogP contribution >= 0.6 is 11.3 Å². The summed E-state index contributed by atoms with van der Waals surface area (Å²) in [5.74, 6) is 0.717. The number of carbonyl (C=O) groups excluding carboxylic acids is 1. The number of rotatable bonds is 6. The molecule has 0 radical (unpaired) electrons. The maximum absolute atomic E-state index is 11.8. The summed E-state index contributed by atoms with van der Waals surface area (Å²) < 4.78 is 5.56. The molecule has 1 aromatic heterocycles. The molecular formula is C16H20N2O2S. The van der Waals surface area contributed by atoms with Crippen molar-refractivity contribution in [1.29, 1.82) is 0 Å². The number of anilines is 1. The van der Waals surface area contributed by atoms with Crippen molar-refractivity contribution in [3.8, 4) is 5.75 Å². The fraction of sp³-hybridized carbons (Fsp3) is 0.375. The molecule has 0 atom stereocenters. The molecule has 1 aromatic carbocycles. The van der Waals surface area contributed by atoms with Crippen LogP contribution in [0.3, 0.4) is 0 Å². The number of hydrogen-bond acceptors (Lipinski definition) is 4. The number of benzene rings is 1. The van der Waals surface area contributed by atoms with Crippen LogP contribution < -0.4 is 10.1 Å². The van der Waals surface area contributed by atoms with Crippen LogP contribution in [0.25, 0.3) is 0 Å². The van der Waals surface area contributed by atoms with Gasteiger partial charge in [0.05, 0.1) is 18.7 Å². The van der Waals surface area contributed by atoms with Crippen LogP contribution in [0.15, 0.2) is 24.3 Å². The molecule has 0 unspecified atom stereocenters. The molecule has 2 rings (SSSR count). The van der Waals surface area contributed by atoms with Crippen molar-refractivity contribution < 1.29 is 9.53 Å². The van der Waals surface area contributed by atoms with E-state index in [1.807, 2.05) is 38.1 Å². The summed E-state index contributed by atoms with van der Waals surface area (Å²) in [6, 6.07) is 7.95. The molecule has 2 aromatic rings. The van der Waals surface area contributed by atoms with Gasteiger partial charge in [-0.1, -0.05) is 19.1 Å². The van der Waals surface area contributed by atoms with Crippen LogP contribution in [0.4, 0.5) is 5.13 Å². The Morgan fingerprint density at radius 1 is 1.29 bits per heavy atom. The van der Waals surface area contributed by atoms with E-state index in [4.69, 9.17) is 4.74 Å². The van der Waals surface area contributed by atoms with Gasteiger partial charge in [-0.3, -0.25) is 4.79 Å². The Morgan fingerprint density at radius 2 is 2.00 bits per heavy atom. The third-order valence-electron chi connectivity index (χ3n) is 3.20. The Kier molecular flexibility index (Phi) is 5.33. The lowest BCUT2D eigenvalue weighted by atomic mass is 10.2. The van der Waals surface area contributed by atoms with E-state index in [1.165, 1.54) is 16.9 Å². The molecule has 0 aliphatic carbocycles. The van der Waals surface area contributed by atoms with Crippen molar-refractivity contribution in [2.75, 3.05) is 11.9 Å². The maximum Gasteiger partial charge on any atom is 0.229 e. The number of amides is 1. The Bertz CT molecular complexity index is 586. The van der Waals surface area contributed by atoms with E-state index in [-0.39, 0.29) is 5.91 Å². The number of nitrogens with one attached hydrogen (secondary N) is 1. The number of aryl methyl sites for hydroxylation is 3. The van der Waals surface area contributed by atoms with Gasteiger partial charge in [0.15, 0.2) is 5.13 Å². The monoisotopic (exact) mass is 304 g/mol. The lowest BCUT2D eigenvalue weighted by Gasteiger charge is -2.06. The molecule has 0 fully saturated rings. The van der Waals surface area contributed by atoms with Gasteiger partial charge in [0.25, 0.3) is 0 Å². The first-order chi connectivity index (χ1) is 10.1. The lowest BCUT2D eigenvalue weighted by Crippen LogP contribution is -2.15. The zero-order valence-electron chi connectivity index (χ0n) is 12.6. The normalized spacial score (nSPS) is 10.4. The van der Waals surface area contributed by atoms with Gasteiger partial charge >= 0.3 is 0 Å². The highest BCUT2D eigenvalue weighted by Crippen LogP contribution is 2.21. The molecule has 0 bridgehead atoms. The summed E-state index contributed by atoms with van der Waals surface area (Å²) in [6.45, 7) is 6.40. The highest BCUT2D eigenvalue weighted by atomic mass is 32.1. The molecule has 0 spiro atoms. The molecule has 21 heavy (non-hydrogen) atoms. The quantitative estimate of drug-likeness (QED) is 0.884. The van der Waals surface area contributed by atoms with Gasteiger partial charge in [-0.05, 0) is 38.0 Å². The van der Waals surface area contributed by atoms with Crippen LogP contribution in [-0.4, -0.2) is 17.5 Å². The van der Waals surface area contributed by atoms with Gasteiger partial charge < -0.3 is 10.1 Å². The first-order valence-electron chi connectivity index (χ1n) is 7.04. The summed E-state index contributed by atoms with van der Waals surface area (Å²) in [4.78, 5) is 17.2. The highest BCUT2D eigenvalue weighted by molar-refractivity contribution is 7.15. The van der Waals surface area contributed by atoms with Crippen molar-refractivity contribution in [2.24, 2.45) is 0 Å². The predicted molar refractivity (Wildman–Crippen MR) is 86.1 cm³/mol. The molecule has 5 heteroatoms. The summed E-state index contributed by atoms with van der Waals surface area (Å²) in [5.41, 5.74) is 2.23. The van der Waals surface area contributed by atoms with Crippen LogP contribution in [0.1, 0.15) is 29.5 Å². The molecule has 0 aliphatic heterocycles. The summed E-state index contributed by atoms with van der Waals surface area (Å²) >= 11 is 1.49. The van der Waals surface area contributed by atoms with E-state index in [0.717, 1.165) is 22.7 Å². The van der Waals surface area contributed by atoms with E-state index >= 15 is 0 Å². The highest BCUT2D eigenvalue weighted by Gasteiger charge is 2.08. The van der Waals surface area contributed by atoms with E-state index < -0.39 is 0 Å². The molecular weight excluding hydrogens is 284 g/mol. The molecule has 1 amide bonds. The van der Waals surface area contributed by atoms with E-state index in [0.29, 0.717) is 18.2 Å². The number of ether oxygens (including phenoxy) is 1. The van der Waals surface area contributed by atoms with Crippen LogP contribution in [0.2, 0.25) is 0 Å². The summed E-state index contributed by atoms with van der Waals surface area (Å²) in [5, 5.41) is 3.45. The topological polar surface area (TPSA) is 51.2 Å². The average Bonchev–Trinajstić information content (AvgIpc) is 2.78. The molecule has 112 valence electrons. The number of hydrogen-bond donors (Lipinski definition) is 1. The second-order valence-corrected chi connectivity index (χ2v) is 6.01. The molecule has 0 saturated heterocycles. The van der Waals surface area contributed by atoms with Crippen molar-refractivity contribution >= 4 is 22.4 Å². The Balaban J connectivity index is 1.76. The van der Waals surface area contributed by atoms with Gasteiger partial charge in [-0.15, -0.1) is 11.3 Å². The standard InChI is InChI=1S/C16H20N2O2S/c1-4-13-5-7-14(8-6-13)20-10-9-15(19)18-16-17-11(2)12(3)21-16/h5-8H,4,9-10H2,1-3H3,(H,17,18,19). The lowest BCUT2D eigenvalue weighted by molar-refractivity contribution is -0.116. The van der Waals surface area contributed by atoms with Crippen molar-refractivity contribution in [2.45, 2.75) is 33.6 Å². The number of aromatic nitrogens is 1. The van der Waals surface area contributed by atoms with Gasteiger partial charge in [-0.25, -0.2) is 4.98 Å². The van der Waals surface area contributed by atoms with E-state index in [2.05, 4.69) is 17.2 Å².